The van der Waals surface area contributed by atoms with Gasteiger partial charge in [0.2, 0.25) is 17.6 Å². The third-order valence-electron chi connectivity index (χ3n) is 3.44. The van der Waals surface area contributed by atoms with Crippen molar-refractivity contribution in [2.75, 3.05) is 7.11 Å². The van der Waals surface area contributed by atoms with Crippen LogP contribution in [0.3, 0.4) is 0 Å². The van der Waals surface area contributed by atoms with Crippen LogP contribution in [0, 0.1) is 0 Å². The van der Waals surface area contributed by atoms with Crippen LogP contribution in [0.2, 0.25) is 0 Å². The largest absolute Gasteiger partial charge is 0.497 e. The minimum Gasteiger partial charge on any atom is -0.497 e. The predicted molar refractivity (Wildman–Crippen MR) is 85.7 cm³/mol. The summed E-state index contributed by atoms with van der Waals surface area (Å²) in [5.41, 5.74) is 6.57. The van der Waals surface area contributed by atoms with Gasteiger partial charge >= 0.3 is 0 Å². The Morgan fingerprint density at radius 2 is 2.26 bits per heavy atom. The number of carbonyl (C=O) groups excluding carboxylic acids is 1. The van der Waals surface area contributed by atoms with Crippen molar-refractivity contribution < 1.29 is 14.1 Å². The second-order valence-electron chi connectivity index (χ2n) is 5.31. The molecule has 2 unspecified atom stereocenters. The van der Waals surface area contributed by atoms with Gasteiger partial charge in [-0.15, -0.1) is 0 Å². The van der Waals surface area contributed by atoms with Crippen molar-refractivity contribution >= 4 is 5.91 Å². The highest BCUT2D eigenvalue weighted by molar-refractivity contribution is 5.81. The third kappa shape index (κ3) is 4.29. The summed E-state index contributed by atoms with van der Waals surface area (Å²) in [5, 5.41) is 6.73. The summed E-state index contributed by atoms with van der Waals surface area (Å²) >= 11 is 0. The normalized spacial score (nSPS) is 13.4. The summed E-state index contributed by atoms with van der Waals surface area (Å²) in [6, 6.07) is 6.43. The molecule has 124 valence electrons. The highest BCUT2D eigenvalue weighted by atomic mass is 16.5. The van der Waals surface area contributed by atoms with Crippen LogP contribution in [0.5, 0.6) is 5.75 Å². The lowest BCUT2D eigenvalue weighted by Gasteiger charge is -2.14. The number of hydrogen-bond acceptors (Lipinski definition) is 6. The van der Waals surface area contributed by atoms with Crippen molar-refractivity contribution in [1.29, 1.82) is 0 Å². The Morgan fingerprint density at radius 1 is 1.48 bits per heavy atom. The zero-order valence-electron chi connectivity index (χ0n) is 13.6. The monoisotopic (exact) mass is 318 g/mol. The topological polar surface area (TPSA) is 103 Å². The summed E-state index contributed by atoms with van der Waals surface area (Å²) < 4.78 is 10.4. The van der Waals surface area contributed by atoms with Gasteiger partial charge in [0.05, 0.1) is 13.2 Å². The molecule has 0 saturated heterocycles. The molecule has 0 aliphatic heterocycles. The van der Waals surface area contributed by atoms with Crippen LogP contribution in [0.25, 0.3) is 11.4 Å². The van der Waals surface area contributed by atoms with Gasteiger partial charge in [0.25, 0.3) is 0 Å². The molecule has 0 saturated carbocycles. The average molecular weight is 318 g/mol. The molecule has 0 spiro atoms. The number of benzene rings is 1. The van der Waals surface area contributed by atoms with E-state index < -0.39 is 12.1 Å². The third-order valence-corrected chi connectivity index (χ3v) is 3.44. The molecule has 0 bridgehead atoms. The Morgan fingerprint density at radius 3 is 2.96 bits per heavy atom. The van der Waals surface area contributed by atoms with Gasteiger partial charge in [0, 0.05) is 5.56 Å². The minimum absolute atomic E-state index is 0.222. The lowest BCUT2D eigenvalue weighted by Crippen LogP contribution is -2.41. The first-order chi connectivity index (χ1) is 11.0. The quantitative estimate of drug-likeness (QED) is 0.810. The summed E-state index contributed by atoms with van der Waals surface area (Å²) in [6.45, 7) is 3.76. The molecule has 0 aliphatic carbocycles. The number of amides is 1. The van der Waals surface area contributed by atoms with E-state index in [2.05, 4.69) is 15.5 Å². The summed E-state index contributed by atoms with van der Waals surface area (Å²) in [5.74, 6) is 1.26. The van der Waals surface area contributed by atoms with E-state index in [4.69, 9.17) is 15.0 Å². The molecule has 3 N–H and O–H groups in total. The molecular weight excluding hydrogens is 296 g/mol. The molecule has 2 aromatic rings. The Labute approximate surface area is 135 Å². The molecule has 0 aliphatic rings. The molecule has 23 heavy (non-hydrogen) atoms. The number of nitrogens with one attached hydrogen (secondary N) is 1. The van der Waals surface area contributed by atoms with Gasteiger partial charge in [-0.05, 0) is 25.5 Å². The van der Waals surface area contributed by atoms with Crippen molar-refractivity contribution in [2.24, 2.45) is 5.73 Å². The second-order valence-corrected chi connectivity index (χ2v) is 5.31. The van der Waals surface area contributed by atoms with E-state index in [1.165, 1.54) is 0 Å². The molecular formula is C16H22N4O3. The van der Waals surface area contributed by atoms with E-state index >= 15 is 0 Å². The molecule has 7 nitrogen and oxygen atoms in total. The van der Waals surface area contributed by atoms with Crippen LogP contribution in [0.15, 0.2) is 28.8 Å². The lowest BCUT2D eigenvalue weighted by molar-refractivity contribution is -0.123. The standard InChI is InChI=1S/C16H22N4O3/c1-4-6-13(17)15(21)18-10(2)16-19-14(20-23-16)11-7-5-8-12(9-11)22-3/h5,7-10,13H,4,6,17H2,1-3H3,(H,18,21). The summed E-state index contributed by atoms with van der Waals surface area (Å²) in [7, 11) is 1.60. The fourth-order valence-corrected chi connectivity index (χ4v) is 2.11. The Kier molecular flexibility index (Phi) is 5.70. The highest BCUT2D eigenvalue weighted by Crippen LogP contribution is 2.22. The molecule has 2 rings (SSSR count). The van der Waals surface area contributed by atoms with Crippen LogP contribution < -0.4 is 15.8 Å². The number of carbonyl (C=O) groups is 1. The first-order valence-corrected chi connectivity index (χ1v) is 7.59. The number of ether oxygens (including phenoxy) is 1. The zero-order valence-corrected chi connectivity index (χ0v) is 13.6. The maximum absolute atomic E-state index is 11.9. The summed E-state index contributed by atoms with van der Waals surface area (Å²) in [4.78, 5) is 16.3. The van der Waals surface area contributed by atoms with Crippen LogP contribution in [0.1, 0.15) is 38.6 Å². The molecule has 1 aromatic carbocycles. The van der Waals surface area contributed by atoms with E-state index in [0.717, 1.165) is 12.0 Å². The Hall–Kier alpha value is -2.41. The van der Waals surface area contributed by atoms with Gasteiger partial charge in [-0.2, -0.15) is 4.98 Å². The Bertz CT molecular complexity index is 656. The first kappa shape index (κ1) is 17.0. The number of aromatic nitrogens is 2. The van der Waals surface area contributed by atoms with Crippen LogP contribution in [-0.4, -0.2) is 29.2 Å². The molecule has 0 radical (unpaired) electrons. The van der Waals surface area contributed by atoms with Gasteiger partial charge in [0.15, 0.2) is 0 Å². The maximum atomic E-state index is 11.9. The van der Waals surface area contributed by atoms with Crippen molar-refractivity contribution in [3.8, 4) is 17.1 Å². The number of hydrogen-bond donors (Lipinski definition) is 2. The van der Waals surface area contributed by atoms with Gasteiger partial charge in [-0.1, -0.05) is 30.6 Å². The number of methoxy groups -OCH3 is 1. The van der Waals surface area contributed by atoms with Gasteiger partial charge in [-0.25, -0.2) is 0 Å². The number of nitrogens with two attached hydrogens (primary N) is 1. The maximum Gasteiger partial charge on any atom is 0.249 e. The van der Waals surface area contributed by atoms with Crippen LogP contribution in [0.4, 0.5) is 0 Å². The predicted octanol–water partition coefficient (Wildman–Crippen LogP) is 2.05. The SMILES string of the molecule is CCCC(N)C(=O)NC(C)c1nc(-c2cccc(OC)c2)no1. The highest BCUT2D eigenvalue weighted by Gasteiger charge is 2.20. The number of rotatable bonds is 7. The van der Waals surface area contributed by atoms with Gasteiger partial charge in [0.1, 0.15) is 11.8 Å². The van der Waals surface area contributed by atoms with E-state index in [9.17, 15) is 4.79 Å². The van der Waals surface area contributed by atoms with Crippen LogP contribution in [-0.2, 0) is 4.79 Å². The molecule has 0 fully saturated rings. The van der Waals surface area contributed by atoms with Crippen LogP contribution >= 0.6 is 0 Å². The molecule has 1 amide bonds. The molecule has 1 heterocycles. The Balaban J connectivity index is 2.07. The lowest BCUT2D eigenvalue weighted by atomic mass is 10.1. The second kappa shape index (κ2) is 7.73. The van der Waals surface area contributed by atoms with E-state index in [0.29, 0.717) is 23.9 Å². The van der Waals surface area contributed by atoms with E-state index in [-0.39, 0.29) is 5.91 Å². The summed E-state index contributed by atoms with van der Waals surface area (Å²) in [6.07, 6.45) is 1.49. The number of nitrogens with zero attached hydrogens (tertiary/aromatic N) is 2. The van der Waals surface area contributed by atoms with Gasteiger partial charge in [-0.3, -0.25) is 4.79 Å². The van der Waals surface area contributed by atoms with E-state index in [1.54, 1.807) is 14.0 Å². The zero-order chi connectivity index (χ0) is 16.8. The fraction of sp³-hybridized carbons (Fsp3) is 0.438. The first-order valence-electron chi connectivity index (χ1n) is 7.59. The van der Waals surface area contributed by atoms with Crippen molar-refractivity contribution in [3.05, 3.63) is 30.2 Å². The van der Waals surface area contributed by atoms with Gasteiger partial charge < -0.3 is 20.3 Å². The average Bonchev–Trinajstić information content (AvgIpc) is 3.05. The van der Waals surface area contributed by atoms with Crippen molar-refractivity contribution in [2.45, 2.75) is 38.8 Å². The van der Waals surface area contributed by atoms with E-state index in [1.807, 2.05) is 31.2 Å². The minimum atomic E-state index is -0.525. The molecule has 2 atom stereocenters. The molecule has 7 heteroatoms. The molecule has 1 aromatic heterocycles. The van der Waals surface area contributed by atoms with Crippen molar-refractivity contribution in [3.63, 3.8) is 0 Å². The fourth-order valence-electron chi connectivity index (χ4n) is 2.11. The van der Waals surface area contributed by atoms with Crippen molar-refractivity contribution in [1.82, 2.24) is 15.5 Å². The smallest absolute Gasteiger partial charge is 0.249 e.